The summed E-state index contributed by atoms with van der Waals surface area (Å²) in [7, 11) is 0. The second-order valence-corrected chi connectivity index (χ2v) is 6.40. The Labute approximate surface area is 130 Å². The molecule has 0 saturated heterocycles. The van der Waals surface area contributed by atoms with E-state index in [2.05, 4.69) is 19.2 Å². The Morgan fingerprint density at radius 3 is 2.62 bits per heavy atom. The Kier molecular flexibility index (Phi) is 8.27. The third-order valence-electron chi connectivity index (χ3n) is 3.99. The molecule has 0 amide bonds. The normalized spacial score (nSPS) is 19.0. The summed E-state index contributed by atoms with van der Waals surface area (Å²) in [6.07, 6.45) is 7.75. The van der Waals surface area contributed by atoms with Crippen LogP contribution in [0.1, 0.15) is 72.6 Å². The zero-order valence-corrected chi connectivity index (χ0v) is 14.2. The van der Waals surface area contributed by atoms with Crippen molar-refractivity contribution in [3.05, 3.63) is 0 Å². The van der Waals surface area contributed by atoms with Gasteiger partial charge in [-0.25, -0.2) is 0 Å². The van der Waals surface area contributed by atoms with Crippen molar-refractivity contribution in [3.8, 4) is 0 Å². The van der Waals surface area contributed by atoms with Gasteiger partial charge in [0.05, 0.1) is 12.7 Å². The lowest BCUT2D eigenvalue weighted by Gasteiger charge is -2.28. The molecule has 1 aliphatic rings. The highest BCUT2D eigenvalue weighted by molar-refractivity contribution is 5.80. The van der Waals surface area contributed by atoms with Crippen molar-refractivity contribution in [3.63, 3.8) is 0 Å². The standard InChI is InChI=1S/C17H33NO3/c1-5-9-14(3)21-13-8-7-12-17(4,16(19)20-6-2)18-15-10-11-15/h14-15,18H,5-13H2,1-4H3. The molecule has 1 saturated carbocycles. The molecule has 2 unspecified atom stereocenters. The molecule has 0 heterocycles. The number of esters is 1. The first kappa shape index (κ1) is 18.4. The van der Waals surface area contributed by atoms with Crippen LogP contribution in [0.5, 0.6) is 0 Å². The van der Waals surface area contributed by atoms with Crippen LogP contribution in [0.3, 0.4) is 0 Å². The summed E-state index contributed by atoms with van der Waals surface area (Å²) in [5, 5.41) is 3.46. The average molecular weight is 299 g/mol. The molecule has 4 nitrogen and oxygen atoms in total. The van der Waals surface area contributed by atoms with Crippen LogP contribution >= 0.6 is 0 Å². The van der Waals surface area contributed by atoms with E-state index in [1.807, 2.05) is 13.8 Å². The van der Waals surface area contributed by atoms with E-state index < -0.39 is 5.54 Å². The highest BCUT2D eigenvalue weighted by Gasteiger charge is 2.39. The molecule has 0 aliphatic heterocycles. The van der Waals surface area contributed by atoms with E-state index in [1.165, 1.54) is 12.8 Å². The average Bonchev–Trinajstić information content (AvgIpc) is 3.22. The van der Waals surface area contributed by atoms with Gasteiger partial charge < -0.3 is 9.47 Å². The van der Waals surface area contributed by atoms with E-state index in [4.69, 9.17) is 9.47 Å². The number of rotatable bonds is 12. The van der Waals surface area contributed by atoms with Crippen LogP contribution < -0.4 is 5.32 Å². The fourth-order valence-corrected chi connectivity index (χ4v) is 2.56. The van der Waals surface area contributed by atoms with Crippen LogP contribution in [0.4, 0.5) is 0 Å². The molecule has 21 heavy (non-hydrogen) atoms. The Hall–Kier alpha value is -0.610. The van der Waals surface area contributed by atoms with Gasteiger partial charge in [0.15, 0.2) is 0 Å². The first-order valence-electron chi connectivity index (χ1n) is 8.58. The highest BCUT2D eigenvalue weighted by atomic mass is 16.5. The molecule has 2 atom stereocenters. The van der Waals surface area contributed by atoms with Crippen molar-refractivity contribution in [2.24, 2.45) is 0 Å². The third kappa shape index (κ3) is 7.28. The molecule has 4 heteroatoms. The van der Waals surface area contributed by atoms with Crippen LogP contribution in [0.2, 0.25) is 0 Å². The van der Waals surface area contributed by atoms with Gasteiger partial charge in [-0.2, -0.15) is 0 Å². The Bertz CT molecular complexity index is 304. The van der Waals surface area contributed by atoms with Crippen molar-refractivity contribution < 1.29 is 14.3 Å². The summed E-state index contributed by atoms with van der Waals surface area (Å²) in [6.45, 7) is 9.36. The van der Waals surface area contributed by atoms with Gasteiger partial charge in [-0.05, 0) is 59.3 Å². The molecular formula is C17H33NO3. The van der Waals surface area contributed by atoms with Crippen LogP contribution in [0.25, 0.3) is 0 Å². The number of carbonyl (C=O) groups excluding carboxylic acids is 1. The van der Waals surface area contributed by atoms with Crippen molar-refractivity contribution in [1.82, 2.24) is 5.32 Å². The van der Waals surface area contributed by atoms with Gasteiger partial charge in [-0.15, -0.1) is 0 Å². The van der Waals surface area contributed by atoms with Gasteiger partial charge in [0.1, 0.15) is 5.54 Å². The first-order chi connectivity index (χ1) is 10.0. The van der Waals surface area contributed by atoms with E-state index >= 15 is 0 Å². The number of unbranched alkanes of at least 4 members (excludes halogenated alkanes) is 1. The molecule has 1 fully saturated rings. The zero-order valence-electron chi connectivity index (χ0n) is 14.2. The van der Waals surface area contributed by atoms with Gasteiger partial charge in [0.25, 0.3) is 0 Å². The van der Waals surface area contributed by atoms with Crippen molar-refractivity contribution in [2.45, 2.75) is 90.3 Å². The number of hydrogen-bond donors (Lipinski definition) is 1. The van der Waals surface area contributed by atoms with Crippen molar-refractivity contribution in [1.29, 1.82) is 0 Å². The fraction of sp³-hybridized carbons (Fsp3) is 0.941. The maximum absolute atomic E-state index is 12.2. The van der Waals surface area contributed by atoms with Gasteiger partial charge in [-0.3, -0.25) is 10.1 Å². The molecule has 0 spiro atoms. The highest BCUT2D eigenvalue weighted by Crippen LogP contribution is 2.26. The molecule has 0 aromatic carbocycles. The van der Waals surface area contributed by atoms with Gasteiger partial charge in [-0.1, -0.05) is 13.3 Å². The summed E-state index contributed by atoms with van der Waals surface area (Å²) in [5.41, 5.74) is -0.536. The summed E-state index contributed by atoms with van der Waals surface area (Å²) < 4.78 is 11.0. The number of ether oxygens (including phenoxy) is 2. The van der Waals surface area contributed by atoms with Crippen LogP contribution in [-0.4, -0.2) is 36.9 Å². The SMILES string of the molecule is CCCC(C)OCCCCC(C)(NC1CC1)C(=O)OCC. The second-order valence-electron chi connectivity index (χ2n) is 6.40. The van der Waals surface area contributed by atoms with Gasteiger partial charge in [0, 0.05) is 12.6 Å². The minimum atomic E-state index is -0.536. The Balaban J connectivity index is 2.27. The van der Waals surface area contributed by atoms with E-state index in [9.17, 15) is 4.79 Å². The third-order valence-corrected chi connectivity index (χ3v) is 3.99. The monoisotopic (exact) mass is 299 g/mol. The molecule has 1 N–H and O–H groups in total. The molecule has 0 radical (unpaired) electrons. The summed E-state index contributed by atoms with van der Waals surface area (Å²) in [6, 6.07) is 0.500. The molecule has 1 rings (SSSR count). The molecule has 0 aromatic rings. The fourth-order valence-electron chi connectivity index (χ4n) is 2.56. The van der Waals surface area contributed by atoms with Crippen LogP contribution in [0, 0.1) is 0 Å². The summed E-state index contributed by atoms with van der Waals surface area (Å²) >= 11 is 0. The van der Waals surface area contributed by atoms with E-state index in [0.29, 0.717) is 18.8 Å². The van der Waals surface area contributed by atoms with Crippen molar-refractivity contribution >= 4 is 5.97 Å². The van der Waals surface area contributed by atoms with E-state index in [1.54, 1.807) is 0 Å². The molecule has 0 aromatic heterocycles. The lowest BCUT2D eigenvalue weighted by Crippen LogP contribution is -2.51. The van der Waals surface area contributed by atoms with Crippen LogP contribution in [-0.2, 0) is 14.3 Å². The van der Waals surface area contributed by atoms with Crippen molar-refractivity contribution in [2.75, 3.05) is 13.2 Å². The Morgan fingerprint density at radius 1 is 1.33 bits per heavy atom. The van der Waals surface area contributed by atoms with Gasteiger partial charge in [0.2, 0.25) is 0 Å². The number of carbonyl (C=O) groups is 1. The zero-order chi connectivity index (χ0) is 15.7. The smallest absolute Gasteiger partial charge is 0.326 e. The summed E-state index contributed by atoms with van der Waals surface area (Å²) in [5.74, 6) is -0.114. The predicted octanol–water partition coefficient (Wildman–Crippen LogP) is 3.44. The molecule has 0 bridgehead atoms. The Morgan fingerprint density at radius 2 is 2.05 bits per heavy atom. The quantitative estimate of drug-likeness (QED) is 0.443. The van der Waals surface area contributed by atoms with E-state index in [-0.39, 0.29) is 5.97 Å². The summed E-state index contributed by atoms with van der Waals surface area (Å²) in [4.78, 5) is 12.2. The first-order valence-corrected chi connectivity index (χ1v) is 8.58. The maximum Gasteiger partial charge on any atom is 0.326 e. The van der Waals surface area contributed by atoms with Crippen LogP contribution in [0.15, 0.2) is 0 Å². The predicted molar refractivity (Wildman–Crippen MR) is 85.4 cm³/mol. The molecule has 124 valence electrons. The maximum atomic E-state index is 12.2. The molecule has 1 aliphatic carbocycles. The molecular weight excluding hydrogens is 266 g/mol. The second kappa shape index (κ2) is 9.42. The minimum absolute atomic E-state index is 0.114. The minimum Gasteiger partial charge on any atom is -0.465 e. The lowest BCUT2D eigenvalue weighted by atomic mass is 9.94. The lowest BCUT2D eigenvalue weighted by molar-refractivity contribution is -0.151. The number of nitrogens with one attached hydrogen (secondary N) is 1. The number of hydrogen-bond acceptors (Lipinski definition) is 4. The topological polar surface area (TPSA) is 47.6 Å². The van der Waals surface area contributed by atoms with Gasteiger partial charge >= 0.3 is 5.97 Å². The largest absolute Gasteiger partial charge is 0.465 e. The van der Waals surface area contributed by atoms with E-state index in [0.717, 1.165) is 38.7 Å².